The summed E-state index contributed by atoms with van der Waals surface area (Å²) in [6.45, 7) is 4.57. The number of rotatable bonds is 3. The third kappa shape index (κ3) is 3.37. The Balaban J connectivity index is 1.97. The van der Waals surface area contributed by atoms with E-state index >= 15 is 0 Å². The highest BCUT2D eigenvalue weighted by atomic mass is 19.1. The zero-order valence-electron chi connectivity index (χ0n) is 10.2. The molecule has 0 amide bonds. The normalized spacial score (nSPS) is 21.4. The number of likely N-dealkylation sites (tertiary alicyclic amines) is 1. The van der Waals surface area contributed by atoms with Crippen molar-refractivity contribution in [2.24, 2.45) is 5.92 Å². The number of carbonyl (C=O) groups excluding carboxylic acids is 1. The molecule has 0 radical (unpaired) electrons. The number of piperidine rings is 1. The SMILES string of the molecule is CC1CCCN(CC(=O)c2cccc(F)c2)C1. The van der Waals surface area contributed by atoms with Crippen LogP contribution >= 0.6 is 0 Å². The fraction of sp³-hybridized carbons (Fsp3) is 0.500. The van der Waals surface area contributed by atoms with Gasteiger partial charge in [0.25, 0.3) is 0 Å². The third-order valence-corrected chi connectivity index (χ3v) is 3.25. The summed E-state index contributed by atoms with van der Waals surface area (Å²) in [5.74, 6) is 0.325. The Labute approximate surface area is 101 Å². The van der Waals surface area contributed by atoms with Gasteiger partial charge in [-0.3, -0.25) is 9.69 Å². The number of halogens is 1. The quantitative estimate of drug-likeness (QED) is 0.751. The third-order valence-electron chi connectivity index (χ3n) is 3.25. The molecular weight excluding hydrogens is 217 g/mol. The molecule has 1 fully saturated rings. The minimum absolute atomic E-state index is 0.0126. The summed E-state index contributed by atoms with van der Waals surface area (Å²) in [7, 11) is 0. The van der Waals surface area contributed by atoms with Crippen LogP contribution in [-0.2, 0) is 0 Å². The molecule has 3 heteroatoms. The predicted molar refractivity (Wildman–Crippen MR) is 65.6 cm³/mol. The Morgan fingerprint density at radius 1 is 1.53 bits per heavy atom. The van der Waals surface area contributed by atoms with Gasteiger partial charge in [-0.2, -0.15) is 0 Å². The zero-order chi connectivity index (χ0) is 12.3. The molecule has 1 atom stereocenters. The van der Waals surface area contributed by atoms with Crippen molar-refractivity contribution >= 4 is 5.78 Å². The molecule has 0 aromatic heterocycles. The summed E-state index contributed by atoms with van der Waals surface area (Å²) in [4.78, 5) is 14.1. The molecule has 1 aliphatic rings. The van der Waals surface area contributed by atoms with Crippen LogP contribution in [0.15, 0.2) is 24.3 Å². The number of benzene rings is 1. The van der Waals surface area contributed by atoms with E-state index in [1.165, 1.54) is 18.6 Å². The maximum Gasteiger partial charge on any atom is 0.176 e. The number of nitrogens with zero attached hydrogens (tertiary/aromatic N) is 1. The van der Waals surface area contributed by atoms with Crippen molar-refractivity contribution in [1.82, 2.24) is 4.90 Å². The van der Waals surface area contributed by atoms with E-state index < -0.39 is 0 Å². The van der Waals surface area contributed by atoms with Gasteiger partial charge in [-0.25, -0.2) is 4.39 Å². The van der Waals surface area contributed by atoms with Crippen LogP contribution in [-0.4, -0.2) is 30.3 Å². The van der Waals surface area contributed by atoms with E-state index in [9.17, 15) is 9.18 Å². The van der Waals surface area contributed by atoms with E-state index in [4.69, 9.17) is 0 Å². The molecule has 1 unspecified atom stereocenters. The summed E-state index contributed by atoms with van der Waals surface area (Å²) in [5.41, 5.74) is 0.475. The molecule has 1 aromatic carbocycles. The molecule has 2 rings (SSSR count). The van der Waals surface area contributed by atoms with Crippen LogP contribution in [0, 0.1) is 11.7 Å². The summed E-state index contributed by atoms with van der Waals surface area (Å²) >= 11 is 0. The highest BCUT2D eigenvalue weighted by Crippen LogP contribution is 2.16. The molecule has 0 bridgehead atoms. The van der Waals surface area contributed by atoms with E-state index in [-0.39, 0.29) is 11.6 Å². The average molecular weight is 235 g/mol. The Morgan fingerprint density at radius 2 is 2.35 bits per heavy atom. The van der Waals surface area contributed by atoms with E-state index in [2.05, 4.69) is 11.8 Å². The predicted octanol–water partition coefficient (Wildman–Crippen LogP) is 2.74. The molecule has 0 saturated carbocycles. The van der Waals surface area contributed by atoms with Crippen LogP contribution in [0.2, 0.25) is 0 Å². The van der Waals surface area contributed by atoms with E-state index in [1.54, 1.807) is 12.1 Å². The number of hydrogen-bond acceptors (Lipinski definition) is 2. The van der Waals surface area contributed by atoms with Crippen molar-refractivity contribution in [3.63, 3.8) is 0 Å². The van der Waals surface area contributed by atoms with Crippen molar-refractivity contribution in [3.8, 4) is 0 Å². The second-order valence-corrected chi connectivity index (χ2v) is 4.92. The van der Waals surface area contributed by atoms with Gasteiger partial charge in [0.2, 0.25) is 0 Å². The average Bonchev–Trinajstić information content (AvgIpc) is 2.29. The Morgan fingerprint density at radius 3 is 3.06 bits per heavy atom. The van der Waals surface area contributed by atoms with Gasteiger partial charge in [-0.05, 0) is 37.4 Å². The van der Waals surface area contributed by atoms with Gasteiger partial charge in [0, 0.05) is 12.1 Å². The maximum absolute atomic E-state index is 13.0. The summed E-state index contributed by atoms with van der Waals surface area (Å²) in [6.07, 6.45) is 2.39. The molecular formula is C14H18FNO. The molecule has 1 aromatic rings. The number of ketones is 1. The minimum Gasteiger partial charge on any atom is -0.296 e. The first-order chi connectivity index (χ1) is 8.15. The molecule has 17 heavy (non-hydrogen) atoms. The van der Waals surface area contributed by atoms with Crippen molar-refractivity contribution in [2.45, 2.75) is 19.8 Å². The first kappa shape index (κ1) is 12.2. The highest BCUT2D eigenvalue weighted by Gasteiger charge is 2.19. The largest absolute Gasteiger partial charge is 0.296 e. The van der Waals surface area contributed by atoms with Gasteiger partial charge in [-0.1, -0.05) is 19.1 Å². The monoisotopic (exact) mass is 235 g/mol. The maximum atomic E-state index is 13.0. The van der Waals surface area contributed by atoms with Crippen LogP contribution in [0.4, 0.5) is 4.39 Å². The van der Waals surface area contributed by atoms with Crippen LogP contribution in [0.1, 0.15) is 30.1 Å². The molecule has 0 aliphatic carbocycles. The standard InChI is InChI=1S/C14H18FNO/c1-11-4-3-7-16(9-11)10-14(17)12-5-2-6-13(15)8-12/h2,5-6,8,11H,3-4,7,9-10H2,1H3. The fourth-order valence-corrected chi connectivity index (χ4v) is 2.39. The topological polar surface area (TPSA) is 20.3 Å². The lowest BCUT2D eigenvalue weighted by Crippen LogP contribution is -2.37. The number of carbonyl (C=O) groups is 1. The lowest BCUT2D eigenvalue weighted by molar-refractivity contribution is 0.0892. The van der Waals surface area contributed by atoms with Gasteiger partial charge in [0.1, 0.15) is 5.82 Å². The number of hydrogen-bond donors (Lipinski definition) is 0. The second kappa shape index (κ2) is 5.41. The van der Waals surface area contributed by atoms with Gasteiger partial charge in [0.15, 0.2) is 5.78 Å². The van der Waals surface area contributed by atoms with Crippen molar-refractivity contribution in [2.75, 3.05) is 19.6 Å². The van der Waals surface area contributed by atoms with Crippen LogP contribution in [0.5, 0.6) is 0 Å². The first-order valence-electron chi connectivity index (χ1n) is 6.16. The van der Waals surface area contributed by atoms with E-state index in [0.717, 1.165) is 19.5 Å². The van der Waals surface area contributed by atoms with Crippen LogP contribution in [0.3, 0.4) is 0 Å². The smallest absolute Gasteiger partial charge is 0.176 e. The van der Waals surface area contributed by atoms with Crippen LogP contribution < -0.4 is 0 Å². The minimum atomic E-state index is -0.345. The van der Waals surface area contributed by atoms with Gasteiger partial charge >= 0.3 is 0 Å². The fourth-order valence-electron chi connectivity index (χ4n) is 2.39. The molecule has 1 heterocycles. The molecule has 1 saturated heterocycles. The molecule has 2 nitrogen and oxygen atoms in total. The van der Waals surface area contributed by atoms with E-state index in [0.29, 0.717) is 18.0 Å². The summed E-state index contributed by atoms with van der Waals surface area (Å²) in [5, 5.41) is 0. The lowest BCUT2D eigenvalue weighted by atomic mass is 9.99. The Bertz CT molecular complexity index is 405. The first-order valence-corrected chi connectivity index (χ1v) is 6.16. The van der Waals surface area contributed by atoms with Crippen molar-refractivity contribution in [3.05, 3.63) is 35.6 Å². The summed E-state index contributed by atoms with van der Waals surface area (Å²) in [6, 6.07) is 5.94. The molecule has 0 spiro atoms. The van der Waals surface area contributed by atoms with Gasteiger partial charge < -0.3 is 0 Å². The highest BCUT2D eigenvalue weighted by molar-refractivity contribution is 5.97. The molecule has 0 N–H and O–H groups in total. The van der Waals surface area contributed by atoms with Crippen LogP contribution in [0.25, 0.3) is 0 Å². The number of Topliss-reactive ketones (excluding diaryl/α,β-unsaturated/α-hetero) is 1. The van der Waals surface area contributed by atoms with Gasteiger partial charge in [0.05, 0.1) is 6.54 Å². The van der Waals surface area contributed by atoms with Crippen molar-refractivity contribution in [1.29, 1.82) is 0 Å². The lowest BCUT2D eigenvalue weighted by Gasteiger charge is -2.30. The van der Waals surface area contributed by atoms with Crippen molar-refractivity contribution < 1.29 is 9.18 Å². The molecule has 92 valence electrons. The molecule has 1 aliphatic heterocycles. The van der Waals surface area contributed by atoms with Gasteiger partial charge in [-0.15, -0.1) is 0 Å². The Hall–Kier alpha value is -1.22. The van der Waals surface area contributed by atoms with E-state index in [1.807, 2.05) is 0 Å². The zero-order valence-corrected chi connectivity index (χ0v) is 10.2. The summed E-state index contributed by atoms with van der Waals surface area (Å²) < 4.78 is 13.0. The Kier molecular flexibility index (Phi) is 3.89. The second-order valence-electron chi connectivity index (χ2n) is 4.92.